The second-order valence-corrected chi connectivity index (χ2v) is 10.6. The minimum absolute atomic E-state index is 0.0492. The summed E-state index contributed by atoms with van der Waals surface area (Å²) in [6.07, 6.45) is 1.18. The summed E-state index contributed by atoms with van der Waals surface area (Å²) < 4.78 is 37.8. The van der Waals surface area contributed by atoms with Gasteiger partial charge in [-0.2, -0.15) is 4.31 Å². The minimum Gasteiger partial charge on any atom is -0.465 e. The van der Waals surface area contributed by atoms with Crippen molar-refractivity contribution in [3.8, 4) is 0 Å². The van der Waals surface area contributed by atoms with E-state index in [0.29, 0.717) is 47.8 Å². The van der Waals surface area contributed by atoms with Gasteiger partial charge >= 0.3 is 5.97 Å². The summed E-state index contributed by atoms with van der Waals surface area (Å²) >= 11 is 5.84. The Morgan fingerprint density at radius 1 is 1.06 bits per heavy atom. The molecular weight excluding hydrogens is 506 g/mol. The van der Waals surface area contributed by atoms with Crippen LogP contribution in [0.4, 0.5) is 5.69 Å². The molecule has 1 aromatic heterocycles. The highest BCUT2D eigenvalue weighted by Gasteiger charge is 2.31. The molecule has 0 saturated carbocycles. The zero-order valence-corrected chi connectivity index (χ0v) is 21.1. The number of benzene rings is 2. The van der Waals surface area contributed by atoms with Crippen LogP contribution in [0.25, 0.3) is 0 Å². The van der Waals surface area contributed by atoms with E-state index in [9.17, 15) is 18.0 Å². The van der Waals surface area contributed by atoms with Crippen molar-refractivity contribution in [3.63, 3.8) is 0 Å². The number of anilines is 1. The standard InChI is InChI=1S/C25H26ClN3O6S/c1-34-25(31)18-3-2-4-21(15-18)28-20-11-13-29(14-12-20)36(32,33)23-10-9-22(35-23)16-27-24(30)17-5-7-19(26)8-6-17/h2-10,15,20,28H,11-14,16H2,1H3,(H,27,30). The number of ether oxygens (including phenoxy) is 1. The average Bonchev–Trinajstić information content (AvgIpc) is 3.38. The zero-order valence-electron chi connectivity index (χ0n) is 19.6. The van der Waals surface area contributed by atoms with Crippen molar-refractivity contribution in [2.45, 2.75) is 30.5 Å². The van der Waals surface area contributed by atoms with Crippen molar-refractivity contribution in [2.24, 2.45) is 0 Å². The first kappa shape index (κ1) is 25.7. The second kappa shape index (κ2) is 11.2. The van der Waals surface area contributed by atoms with Gasteiger partial charge in [0.2, 0.25) is 5.09 Å². The van der Waals surface area contributed by atoms with E-state index in [1.54, 1.807) is 42.5 Å². The van der Waals surface area contributed by atoms with Crippen LogP contribution < -0.4 is 10.6 Å². The summed E-state index contributed by atoms with van der Waals surface area (Å²) in [4.78, 5) is 24.0. The van der Waals surface area contributed by atoms with E-state index in [1.807, 2.05) is 6.07 Å². The third-order valence-corrected chi connectivity index (χ3v) is 7.89. The van der Waals surface area contributed by atoms with E-state index in [2.05, 4.69) is 10.6 Å². The normalized spacial score (nSPS) is 14.8. The van der Waals surface area contributed by atoms with Gasteiger partial charge in [0.15, 0.2) is 0 Å². The van der Waals surface area contributed by atoms with Crippen LogP contribution in [0.1, 0.15) is 39.3 Å². The molecule has 1 amide bonds. The fourth-order valence-corrected chi connectivity index (χ4v) is 5.44. The number of esters is 1. The number of sulfonamides is 1. The van der Waals surface area contributed by atoms with Gasteiger partial charge in [0, 0.05) is 35.4 Å². The number of nitrogens with one attached hydrogen (secondary N) is 2. The van der Waals surface area contributed by atoms with Crippen molar-refractivity contribution in [3.05, 3.63) is 82.6 Å². The molecule has 0 radical (unpaired) electrons. The van der Waals surface area contributed by atoms with Crippen LogP contribution in [0, 0.1) is 0 Å². The van der Waals surface area contributed by atoms with E-state index in [4.69, 9.17) is 20.8 Å². The first-order chi connectivity index (χ1) is 17.3. The molecule has 1 saturated heterocycles. The fourth-order valence-electron chi connectivity index (χ4n) is 3.92. The van der Waals surface area contributed by atoms with Crippen LogP contribution in [0.2, 0.25) is 5.02 Å². The first-order valence-electron chi connectivity index (χ1n) is 11.3. The van der Waals surface area contributed by atoms with Crippen molar-refractivity contribution in [2.75, 3.05) is 25.5 Å². The number of halogens is 1. The van der Waals surface area contributed by atoms with Gasteiger partial charge < -0.3 is 19.8 Å². The van der Waals surface area contributed by atoms with Gasteiger partial charge in [0.05, 0.1) is 19.2 Å². The number of carbonyl (C=O) groups is 2. The summed E-state index contributed by atoms with van der Waals surface area (Å²) in [5.41, 5.74) is 1.66. The van der Waals surface area contributed by atoms with Crippen molar-refractivity contribution in [1.82, 2.24) is 9.62 Å². The highest BCUT2D eigenvalue weighted by Crippen LogP contribution is 2.24. The lowest BCUT2D eigenvalue weighted by Crippen LogP contribution is -2.42. The summed E-state index contributed by atoms with van der Waals surface area (Å²) in [5, 5.41) is 6.43. The molecule has 0 bridgehead atoms. The maximum Gasteiger partial charge on any atom is 0.337 e. The molecule has 0 spiro atoms. The first-order valence-corrected chi connectivity index (χ1v) is 13.2. The number of nitrogens with zero attached hydrogens (tertiary/aromatic N) is 1. The van der Waals surface area contributed by atoms with Gasteiger partial charge in [-0.3, -0.25) is 4.79 Å². The van der Waals surface area contributed by atoms with E-state index < -0.39 is 16.0 Å². The third kappa shape index (κ3) is 6.07. The van der Waals surface area contributed by atoms with Crippen LogP contribution >= 0.6 is 11.6 Å². The smallest absolute Gasteiger partial charge is 0.337 e. The Labute approximate surface area is 214 Å². The van der Waals surface area contributed by atoms with E-state index >= 15 is 0 Å². The molecule has 190 valence electrons. The molecule has 2 aromatic carbocycles. The highest BCUT2D eigenvalue weighted by atomic mass is 35.5. The van der Waals surface area contributed by atoms with Gasteiger partial charge in [0.1, 0.15) is 5.76 Å². The second-order valence-electron chi connectivity index (χ2n) is 8.31. The Morgan fingerprint density at radius 3 is 2.47 bits per heavy atom. The number of piperidine rings is 1. The Bertz CT molecular complexity index is 1330. The number of methoxy groups -OCH3 is 1. The van der Waals surface area contributed by atoms with E-state index in [0.717, 1.165) is 5.69 Å². The van der Waals surface area contributed by atoms with Crippen LogP contribution in [-0.4, -0.2) is 50.8 Å². The van der Waals surface area contributed by atoms with Crippen LogP contribution in [0.5, 0.6) is 0 Å². The maximum atomic E-state index is 13.1. The van der Waals surface area contributed by atoms with Crippen LogP contribution in [0.3, 0.4) is 0 Å². The topological polar surface area (TPSA) is 118 Å². The Balaban J connectivity index is 1.31. The van der Waals surface area contributed by atoms with E-state index in [-0.39, 0.29) is 23.6 Å². The van der Waals surface area contributed by atoms with Gasteiger partial charge in [0.25, 0.3) is 15.9 Å². The summed E-state index contributed by atoms with van der Waals surface area (Å²) in [5.74, 6) is -0.404. The number of hydrogen-bond acceptors (Lipinski definition) is 7. The lowest BCUT2D eigenvalue weighted by atomic mass is 10.1. The summed E-state index contributed by atoms with van der Waals surface area (Å²) in [6.45, 7) is 0.688. The monoisotopic (exact) mass is 531 g/mol. The molecule has 0 atom stereocenters. The lowest BCUT2D eigenvalue weighted by Gasteiger charge is -2.31. The molecule has 1 fully saturated rings. The molecule has 0 aliphatic carbocycles. The van der Waals surface area contributed by atoms with Gasteiger partial charge in [-0.1, -0.05) is 17.7 Å². The quantitative estimate of drug-likeness (QED) is 0.423. The number of amides is 1. The highest BCUT2D eigenvalue weighted by molar-refractivity contribution is 7.89. The number of hydrogen-bond donors (Lipinski definition) is 2. The molecule has 3 aromatic rings. The molecule has 2 heterocycles. The van der Waals surface area contributed by atoms with Gasteiger partial charge in [-0.25, -0.2) is 13.2 Å². The Morgan fingerprint density at radius 2 is 1.78 bits per heavy atom. The van der Waals surface area contributed by atoms with Crippen LogP contribution in [-0.2, 0) is 21.3 Å². The lowest BCUT2D eigenvalue weighted by molar-refractivity contribution is 0.0600. The molecule has 0 unspecified atom stereocenters. The molecule has 2 N–H and O–H groups in total. The number of rotatable bonds is 8. The third-order valence-electron chi connectivity index (χ3n) is 5.87. The maximum absolute atomic E-state index is 13.1. The molecule has 4 rings (SSSR count). The molecular formula is C25H26ClN3O6S. The van der Waals surface area contributed by atoms with Crippen molar-refractivity contribution in [1.29, 1.82) is 0 Å². The summed E-state index contributed by atoms with van der Waals surface area (Å²) in [6, 6.07) is 16.4. The minimum atomic E-state index is -3.80. The zero-order chi connectivity index (χ0) is 25.7. The largest absolute Gasteiger partial charge is 0.465 e. The SMILES string of the molecule is COC(=O)c1cccc(NC2CCN(S(=O)(=O)c3ccc(CNC(=O)c4ccc(Cl)cc4)o3)CC2)c1. The molecule has 9 nitrogen and oxygen atoms in total. The van der Waals surface area contributed by atoms with Crippen LogP contribution in [0.15, 0.2) is 70.2 Å². The van der Waals surface area contributed by atoms with Gasteiger partial charge in [-0.15, -0.1) is 0 Å². The predicted octanol–water partition coefficient (Wildman–Crippen LogP) is 3.91. The van der Waals surface area contributed by atoms with Crippen molar-refractivity contribution >= 4 is 39.2 Å². The fraction of sp³-hybridized carbons (Fsp3) is 0.280. The molecule has 1 aliphatic heterocycles. The Kier molecular flexibility index (Phi) is 7.97. The van der Waals surface area contributed by atoms with Crippen molar-refractivity contribution < 1.29 is 27.2 Å². The van der Waals surface area contributed by atoms with E-state index in [1.165, 1.54) is 23.5 Å². The predicted molar refractivity (Wildman–Crippen MR) is 135 cm³/mol. The Hall–Kier alpha value is -3.34. The number of furan rings is 1. The molecule has 1 aliphatic rings. The summed E-state index contributed by atoms with van der Waals surface area (Å²) in [7, 11) is -2.47. The molecule has 11 heteroatoms. The molecule has 36 heavy (non-hydrogen) atoms. The number of carbonyl (C=O) groups excluding carboxylic acids is 2. The van der Waals surface area contributed by atoms with Gasteiger partial charge in [-0.05, 0) is 67.4 Å². The average molecular weight is 532 g/mol.